The molecule has 2 unspecified atom stereocenters. The Morgan fingerprint density at radius 3 is 2.62 bits per heavy atom. The molecular weight excluding hydrogens is 278 g/mol. The number of primary amides is 1. The number of amides is 1. The molecule has 7 nitrogen and oxygen atoms in total. The van der Waals surface area contributed by atoms with Crippen molar-refractivity contribution in [3.8, 4) is 11.5 Å². The molecule has 0 spiro atoms. The van der Waals surface area contributed by atoms with Crippen molar-refractivity contribution in [3.05, 3.63) is 23.8 Å². The topological polar surface area (TPSA) is 108 Å². The molecule has 1 aromatic rings. The van der Waals surface area contributed by atoms with Crippen LogP contribution in [0.3, 0.4) is 0 Å². The maximum Gasteiger partial charge on any atom is 0.332 e. The van der Waals surface area contributed by atoms with Gasteiger partial charge >= 0.3 is 5.97 Å². The van der Waals surface area contributed by atoms with Gasteiger partial charge in [-0.1, -0.05) is 0 Å². The molecule has 1 aliphatic rings. The van der Waals surface area contributed by atoms with Gasteiger partial charge in [0, 0.05) is 11.6 Å². The summed E-state index contributed by atoms with van der Waals surface area (Å²) < 4.78 is 15.9. The Kier molecular flexibility index (Phi) is 4.64. The average molecular weight is 295 g/mol. The molecule has 1 aromatic carbocycles. The van der Waals surface area contributed by atoms with Gasteiger partial charge in [-0.3, -0.25) is 4.79 Å². The zero-order chi connectivity index (χ0) is 15.4. The predicted octanol–water partition coefficient (Wildman–Crippen LogP) is 0.805. The fourth-order valence-electron chi connectivity index (χ4n) is 2.11. The van der Waals surface area contributed by atoms with E-state index in [1.54, 1.807) is 6.07 Å². The molecule has 0 aliphatic carbocycles. The van der Waals surface area contributed by atoms with Crippen LogP contribution in [-0.2, 0) is 9.53 Å². The highest BCUT2D eigenvalue weighted by atomic mass is 16.6. The van der Waals surface area contributed by atoms with E-state index in [1.165, 1.54) is 19.2 Å². The Hall–Kier alpha value is -2.28. The van der Waals surface area contributed by atoms with E-state index >= 15 is 0 Å². The van der Waals surface area contributed by atoms with E-state index in [9.17, 15) is 9.59 Å². The number of rotatable bonds is 6. The summed E-state index contributed by atoms with van der Waals surface area (Å²) in [6, 6.07) is 4.65. The van der Waals surface area contributed by atoms with Crippen molar-refractivity contribution in [1.29, 1.82) is 0 Å². The van der Waals surface area contributed by atoms with Crippen LogP contribution in [0.2, 0.25) is 0 Å². The van der Waals surface area contributed by atoms with Crippen molar-refractivity contribution in [2.24, 2.45) is 5.73 Å². The minimum Gasteiger partial charge on any atom is -0.497 e. The van der Waals surface area contributed by atoms with Gasteiger partial charge in [0.25, 0.3) is 0 Å². The molecule has 1 heterocycles. The molecule has 3 N–H and O–H groups in total. The van der Waals surface area contributed by atoms with E-state index in [0.29, 0.717) is 24.3 Å². The third kappa shape index (κ3) is 3.85. The fourth-order valence-corrected chi connectivity index (χ4v) is 2.11. The first-order chi connectivity index (χ1) is 9.99. The summed E-state index contributed by atoms with van der Waals surface area (Å²) >= 11 is 0. The standard InChI is InChI=1S/C14H17NO6/c1-19-10-4-8(13(15)16)5-11(6-10)20-7-9-2-3-12(21-9)14(17)18/h4-6,9,12H,2-3,7H2,1H3,(H2,15,16)(H,17,18). The average Bonchev–Trinajstić information content (AvgIpc) is 2.93. The van der Waals surface area contributed by atoms with Crippen LogP contribution in [0.25, 0.3) is 0 Å². The Morgan fingerprint density at radius 2 is 2.05 bits per heavy atom. The minimum atomic E-state index is -0.963. The number of aliphatic carboxylic acids is 1. The van der Waals surface area contributed by atoms with Gasteiger partial charge in [-0.05, 0) is 25.0 Å². The van der Waals surface area contributed by atoms with Crippen molar-refractivity contribution in [2.45, 2.75) is 25.0 Å². The Bertz CT molecular complexity index is 544. The first-order valence-corrected chi connectivity index (χ1v) is 6.49. The summed E-state index contributed by atoms with van der Waals surface area (Å²) in [4.78, 5) is 22.0. The van der Waals surface area contributed by atoms with E-state index in [0.717, 1.165) is 0 Å². The van der Waals surface area contributed by atoms with E-state index in [1.807, 2.05) is 0 Å². The number of methoxy groups -OCH3 is 1. The summed E-state index contributed by atoms with van der Waals surface area (Å²) in [5, 5.41) is 8.85. The van der Waals surface area contributed by atoms with E-state index < -0.39 is 18.0 Å². The molecule has 0 aromatic heterocycles. The Labute approximate surface area is 121 Å². The molecule has 1 fully saturated rings. The van der Waals surface area contributed by atoms with Crippen LogP contribution in [-0.4, -0.2) is 42.9 Å². The maximum atomic E-state index is 11.2. The second kappa shape index (κ2) is 6.45. The second-order valence-electron chi connectivity index (χ2n) is 4.73. The molecule has 1 saturated heterocycles. The molecule has 0 radical (unpaired) electrons. The summed E-state index contributed by atoms with van der Waals surface area (Å²) in [5.41, 5.74) is 5.51. The smallest absolute Gasteiger partial charge is 0.332 e. The highest BCUT2D eigenvalue weighted by molar-refractivity contribution is 5.93. The van der Waals surface area contributed by atoms with Crippen LogP contribution in [0.4, 0.5) is 0 Å². The summed E-state index contributed by atoms with van der Waals surface area (Å²) in [5.74, 6) is -0.667. The number of carboxylic acids is 1. The van der Waals surface area contributed by atoms with Crippen LogP contribution in [0.15, 0.2) is 18.2 Å². The van der Waals surface area contributed by atoms with E-state index in [2.05, 4.69) is 0 Å². The zero-order valence-electron chi connectivity index (χ0n) is 11.6. The monoisotopic (exact) mass is 295 g/mol. The van der Waals surface area contributed by atoms with Crippen LogP contribution in [0.5, 0.6) is 11.5 Å². The van der Waals surface area contributed by atoms with Crippen LogP contribution < -0.4 is 15.2 Å². The quantitative estimate of drug-likeness (QED) is 0.803. The molecule has 2 atom stereocenters. The predicted molar refractivity (Wildman–Crippen MR) is 72.5 cm³/mol. The van der Waals surface area contributed by atoms with Gasteiger partial charge in [-0.25, -0.2) is 4.79 Å². The Balaban J connectivity index is 1.98. The molecule has 1 amide bonds. The maximum absolute atomic E-state index is 11.2. The first-order valence-electron chi connectivity index (χ1n) is 6.49. The number of ether oxygens (including phenoxy) is 3. The van der Waals surface area contributed by atoms with Crippen LogP contribution in [0, 0.1) is 0 Å². The van der Waals surface area contributed by atoms with Gasteiger partial charge in [-0.15, -0.1) is 0 Å². The fraction of sp³-hybridized carbons (Fsp3) is 0.429. The molecule has 0 saturated carbocycles. The number of carbonyl (C=O) groups excluding carboxylic acids is 1. The number of carboxylic acid groups (broad SMARTS) is 1. The highest BCUT2D eigenvalue weighted by Crippen LogP contribution is 2.25. The third-order valence-electron chi connectivity index (χ3n) is 3.22. The molecule has 21 heavy (non-hydrogen) atoms. The molecule has 1 aliphatic heterocycles. The number of nitrogens with two attached hydrogens (primary N) is 1. The first kappa shape index (κ1) is 15.1. The number of hydrogen-bond acceptors (Lipinski definition) is 5. The van der Waals surface area contributed by atoms with Crippen molar-refractivity contribution < 1.29 is 28.9 Å². The zero-order valence-corrected chi connectivity index (χ0v) is 11.6. The summed E-state index contributed by atoms with van der Waals surface area (Å²) in [6.45, 7) is 0.204. The lowest BCUT2D eigenvalue weighted by atomic mass is 10.2. The minimum absolute atomic E-state index is 0.204. The third-order valence-corrected chi connectivity index (χ3v) is 3.22. The lowest BCUT2D eigenvalue weighted by molar-refractivity contribution is -0.149. The number of hydrogen-bond donors (Lipinski definition) is 2. The molecule has 114 valence electrons. The van der Waals surface area contributed by atoms with Gasteiger partial charge in [0.05, 0.1) is 13.2 Å². The van der Waals surface area contributed by atoms with Crippen molar-refractivity contribution in [2.75, 3.05) is 13.7 Å². The van der Waals surface area contributed by atoms with Crippen LogP contribution in [0.1, 0.15) is 23.2 Å². The van der Waals surface area contributed by atoms with Gasteiger partial charge in [0.15, 0.2) is 6.10 Å². The van der Waals surface area contributed by atoms with Gasteiger partial charge < -0.3 is 25.1 Å². The molecule has 0 bridgehead atoms. The molecular formula is C14H17NO6. The SMILES string of the molecule is COc1cc(OCC2CCC(C(=O)O)O2)cc(C(N)=O)c1. The normalized spacial score (nSPS) is 21.0. The van der Waals surface area contributed by atoms with E-state index in [4.69, 9.17) is 25.1 Å². The lowest BCUT2D eigenvalue weighted by Crippen LogP contribution is -2.23. The van der Waals surface area contributed by atoms with Crippen LogP contribution >= 0.6 is 0 Å². The van der Waals surface area contributed by atoms with Crippen molar-refractivity contribution >= 4 is 11.9 Å². The second-order valence-corrected chi connectivity index (χ2v) is 4.73. The number of benzene rings is 1. The largest absolute Gasteiger partial charge is 0.497 e. The van der Waals surface area contributed by atoms with Gasteiger partial charge in [-0.2, -0.15) is 0 Å². The molecule has 2 rings (SSSR count). The van der Waals surface area contributed by atoms with Gasteiger partial charge in [0.2, 0.25) is 5.91 Å². The lowest BCUT2D eigenvalue weighted by Gasteiger charge is -2.14. The molecule has 7 heteroatoms. The van der Waals surface area contributed by atoms with Crippen molar-refractivity contribution in [1.82, 2.24) is 0 Å². The highest BCUT2D eigenvalue weighted by Gasteiger charge is 2.30. The van der Waals surface area contributed by atoms with Crippen molar-refractivity contribution in [3.63, 3.8) is 0 Å². The summed E-state index contributed by atoms with van der Waals surface area (Å²) in [7, 11) is 1.47. The summed E-state index contributed by atoms with van der Waals surface area (Å²) in [6.07, 6.45) is 0.0249. The Morgan fingerprint density at radius 1 is 1.33 bits per heavy atom. The number of carbonyl (C=O) groups is 2. The van der Waals surface area contributed by atoms with E-state index in [-0.39, 0.29) is 18.3 Å². The van der Waals surface area contributed by atoms with Gasteiger partial charge in [0.1, 0.15) is 18.1 Å².